The van der Waals surface area contributed by atoms with E-state index in [2.05, 4.69) is 6.07 Å². The van der Waals surface area contributed by atoms with Gasteiger partial charge in [-0.15, -0.1) is 0 Å². The molecule has 0 amide bonds. The molecule has 0 spiro atoms. The molecule has 2 N–H and O–H groups in total. The van der Waals surface area contributed by atoms with Crippen LogP contribution in [0.5, 0.6) is 0 Å². The number of hydrogen-bond donors (Lipinski definition) is 2. The van der Waals surface area contributed by atoms with Gasteiger partial charge in [0.15, 0.2) is 0 Å². The number of benzene rings is 1. The van der Waals surface area contributed by atoms with Crippen molar-refractivity contribution in [3.8, 4) is 0 Å². The first kappa shape index (κ1) is 11.6. The van der Waals surface area contributed by atoms with E-state index >= 15 is 0 Å². The monoisotopic (exact) mass is 220 g/mol. The van der Waals surface area contributed by atoms with Crippen molar-refractivity contribution < 1.29 is 10.2 Å². The van der Waals surface area contributed by atoms with Crippen molar-refractivity contribution in [3.63, 3.8) is 0 Å². The van der Waals surface area contributed by atoms with Crippen LogP contribution in [0.1, 0.15) is 36.8 Å². The largest absolute Gasteiger partial charge is 0.393 e. The van der Waals surface area contributed by atoms with Gasteiger partial charge in [-0.25, -0.2) is 0 Å². The van der Waals surface area contributed by atoms with Crippen molar-refractivity contribution in [2.45, 2.75) is 44.8 Å². The maximum atomic E-state index is 9.93. The lowest BCUT2D eigenvalue weighted by molar-refractivity contribution is 0.0697. The van der Waals surface area contributed by atoms with E-state index < -0.39 is 0 Å². The fourth-order valence-electron chi connectivity index (χ4n) is 2.62. The summed E-state index contributed by atoms with van der Waals surface area (Å²) < 4.78 is 0. The van der Waals surface area contributed by atoms with Crippen molar-refractivity contribution in [2.24, 2.45) is 5.92 Å². The lowest BCUT2D eigenvalue weighted by Gasteiger charge is -2.28. The van der Waals surface area contributed by atoms with Gasteiger partial charge in [0.2, 0.25) is 0 Å². The van der Waals surface area contributed by atoms with Gasteiger partial charge in [-0.2, -0.15) is 0 Å². The minimum atomic E-state index is -0.152. The van der Waals surface area contributed by atoms with E-state index in [0.29, 0.717) is 5.92 Å². The van der Waals surface area contributed by atoms with E-state index in [0.717, 1.165) is 31.2 Å². The summed E-state index contributed by atoms with van der Waals surface area (Å²) in [4.78, 5) is 0. The molecule has 0 bridgehead atoms. The highest BCUT2D eigenvalue weighted by Crippen LogP contribution is 2.28. The molecule has 0 aromatic heterocycles. The summed E-state index contributed by atoms with van der Waals surface area (Å²) in [6.45, 7) is 0.0962. The molecule has 0 saturated heterocycles. The molecule has 88 valence electrons. The molecule has 1 fully saturated rings. The number of aliphatic hydroxyl groups excluding tert-OH is 2. The first-order chi connectivity index (χ1) is 7.81. The molecule has 2 heteroatoms. The molecule has 2 atom stereocenters. The van der Waals surface area contributed by atoms with E-state index in [1.54, 1.807) is 0 Å². The van der Waals surface area contributed by atoms with Gasteiger partial charge in [0.1, 0.15) is 0 Å². The van der Waals surface area contributed by atoms with Gasteiger partial charge in [-0.3, -0.25) is 0 Å². The van der Waals surface area contributed by atoms with Crippen LogP contribution in [0, 0.1) is 5.92 Å². The van der Waals surface area contributed by atoms with Gasteiger partial charge in [-0.05, 0) is 36.3 Å². The predicted octanol–water partition coefficient (Wildman–Crippen LogP) is 2.27. The summed E-state index contributed by atoms with van der Waals surface area (Å²) in [5.41, 5.74) is 2.19. The Morgan fingerprint density at radius 3 is 2.44 bits per heavy atom. The smallest absolute Gasteiger partial charge is 0.0684 e. The normalized spacial score (nSPS) is 25.6. The second kappa shape index (κ2) is 5.46. The molecule has 0 aliphatic heterocycles. The maximum absolute atomic E-state index is 9.93. The van der Waals surface area contributed by atoms with Gasteiger partial charge < -0.3 is 10.2 Å². The highest BCUT2D eigenvalue weighted by Gasteiger charge is 2.23. The number of hydrogen-bond acceptors (Lipinski definition) is 2. The molecular weight excluding hydrogens is 200 g/mol. The Balaban J connectivity index is 2.07. The average molecular weight is 220 g/mol. The number of aliphatic hydroxyl groups is 2. The summed E-state index contributed by atoms with van der Waals surface area (Å²) in [6, 6.07) is 7.98. The molecule has 1 aromatic carbocycles. The summed E-state index contributed by atoms with van der Waals surface area (Å²) in [5.74, 6) is 0.376. The fourth-order valence-corrected chi connectivity index (χ4v) is 2.62. The Morgan fingerprint density at radius 2 is 1.75 bits per heavy atom. The lowest BCUT2D eigenvalue weighted by atomic mass is 9.82. The van der Waals surface area contributed by atoms with Crippen LogP contribution in [0.15, 0.2) is 24.3 Å². The van der Waals surface area contributed by atoms with Crippen LogP contribution in [0.2, 0.25) is 0 Å². The fraction of sp³-hybridized carbons (Fsp3) is 0.571. The van der Waals surface area contributed by atoms with Crippen molar-refractivity contribution in [3.05, 3.63) is 35.4 Å². The quantitative estimate of drug-likeness (QED) is 0.820. The Morgan fingerprint density at radius 1 is 1.06 bits per heavy atom. The number of rotatable bonds is 3. The molecule has 0 unspecified atom stereocenters. The summed E-state index contributed by atoms with van der Waals surface area (Å²) >= 11 is 0. The molecule has 0 heterocycles. The topological polar surface area (TPSA) is 40.5 Å². The second-order valence-corrected chi connectivity index (χ2v) is 4.74. The van der Waals surface area contributed by atoms with Gasteiger partial charge in [-0.1, -0.05) is 37.1 Å². The minimum absolute atomic E-state index is 0.0962. The SMILES string of the molecule is OCc1ccccc1C[C@@H]1CCCC[C@H]1O. The highest BCUT2D eigenvalue weighted by atomic mass is 16.3. The van der Waals surface area contributed by atoms with Gasteiger partial charge in [0.05, 0.1) is 12.7 Å². The van der Waals surface area contributed by atoms with Crippen molar-refractivity contribution in [2.75, 3.05) is 0 Å². The molecule has 2 rings (SSSR count). The third-order valence-corrected chi connectivity index (χ3v) is 3.64. The lowest BCUT2D eigenvalue weighted by Crippen LogP contribution is -2.26. The predicted molar refractivity (Wildman–Crippen MR) is 64.0 cm³/mol. The van der Waals surface area contributed by atoms with E-state index in [1.807, 2.05) is 18.2 Å². The third kappa shape index (κ3) is 2.63. The van der Waals surface area contributed by atoms with Gasteiger partial charge in [0, 0.05) is 0 Å². The zero-order chi connectivity index (χ0) is 11.4. The first-order valence-electron chi connectivity index (χ1n) is 6.17. The Bertz CT molecular complexity index is 335. The Kier molecular flexibility index (Phi) is 3.97. The van der Waals surface area contributed by atoms with Gasteiger partial charge >= 0.3 is 0 Å². The standard InChI is InChI=1S/C14H20O2/c15-10-13-7-2-1-5-11(13)9-12-6-3-4-8-14(12)16/h1-2,5,7,12,14-16H,3-4,6,8-10H2/t12-,14+/m0/s1. The average Bonchev–Trinajstić information content (AvgIpc) is 2.33. The summed E-state index contributed by atoms with van der Waals surface area (Å²) in [5, 5.41) is 19.2. The molecule has 1 aromatic rings. The summed E-state index contributed by atoms with van der Waals surface area (Å²) in [7, 11) is 0. The molecular formula is C14H20O2. The zero-order valence-electron chi connectivity index (χ0n) is 9.60. The first-order valence-corrected chi connectivity index (χ1v) is 6.17. The molecule has 1 saturated carbocycles. The van der Waals surface area contributed by atoms with Crippen LogP contribution in [-0.4, -0.2) is 16.3 Å². The molecule has 16 heavy (non-hydrogen) atoms. The maximum Gasteiger partial charge on any atom is 0.0684 e. The van der Waals surface area contributed by atoms with Gasteiger partial charge in [0.25, 0.3) is 0 Å². The molecule has 1 aliphatic rings. The molecule has 1 aliphatic carbocycles. The van der Waals surface area contributed by atoms with Crippen molar-refractivity contribution >= 4 is 0 Å². The van der Waals surface area contributed by atoms with E-state index in [-0.39, 0.29) is 12.7 Å². The molecule has 0 radical (unpaired) electrons. The van der Waals surface area contributed by atoms with Crippen LogP contribution in [0.4, 0.5) is 0 Å². The minimum Gasteiger partial charge on any atom is -0.393 e. The zero-order valence-corrected chi connectivity index (χ0v) is 9.60. The highest BCUT2D eigenvalue weighted by molar-refractivity contribution is 5.27. The van der Waals surface area contributed by atoms with Crippen LogP contribution >= 0.6 is 0 Å². The summed E-state index contributed by atoms with van der Waals surface area (Å²) in [6.07, 6.45) is 5.17. The van der Waals surface area contributed by atoms with Crippen molar-refractivity contribution in [1.82, 2.24) is 0 Å². The van der Waals surface area contributed by atoms with Crippen LogP contribution < -0.4 is 0 Å². The Labute approximate surface area is 96.9 Å². The van der Waals surface area contributed by atoms with Crippen LogP contribution in [0.25, 0.3) is 0 Å². The Hall–Kier alpha value is -0.860. The van der Waals surface area contributed by atoms with Crippen LogP contribution in [0.3, 0.4) is 0 Å². The van der Waals surface area contributed by atoms with Crippen LogP contribution in [-0.2, 0) is 13.0 Å². The van der Waals surface area contributed by atoms with E-state index in [4.69, 9.17) is 0 Å². The van der Waals surface area contributed by atoms with E-state index in [9.17, 15) is 10.2 Å². The van der Waals surface area contributed by atoms with Crippen molar-refractivity contribution in [1.29, 1.82) is 0 Å². The third-order valence-electron chi connectivity index (χ3n) is 3.64. The molecule has 2 nitrogen and oxygen atoms in total. The second-order valence-electron chi connectivity index (χ2n) is 4.74. The van der Waals surface area contributed by atoms with E-state index in [1.165, 1.54) is 12.0 Å².